The number of carbonyl (C=O) groups excluding carboxylic acids is 1. The monoisotopic (exact) mass is 1190 g/mol. The number of rotatable bonds is 10. The van der Waals surface area contributed by atoms with E-state index < -0.39 is 172 Å². The van der Waals surface area contributed by atoms with Crippen molar-refractivity contribution in [3.63, 3.8) is 0 Å². The standard InChI is InChI=1S/C11H15N3O6.C10H12F3N3O5.C10H15N3O6.C9H12BrN3O5/c1-5(16)12-7-2-3-14(11(19)13-7)10-9(18)8(17)6(4-15)20-10;11-10(12,13)3-1-16(9(20)15-7(3)14)8-6(19)5(18)4(2-17)21-8;11-8-4(2-14)1-13(10(18)12-8)9-7(17)6(16)5(3-15)19-9;10-3-1-13(9(17)12-7(3)11)8-6(16)5(15)4(2-14)18-8/h2-3,6,8-10,15,17-18H,4H2,1H3,(H,12,13,16,19);1,4-6,8,17-19H,2H2,(H2,14,15,20);1,5-7,9,14-17H,2-3H2,(H2,11,12,18);1,4-6,8,14-16H,2H2,(H2,11,12,17)/t6-,8-,9-,10-;4-,5-,6-,8-;5-,6-,7-,9-;4-,5-,6-,8-/m1111/s1. The Morgan fingerprint density at radius 3 is 1.26 bits per heavy atom. The van der Waals surface area contributed by atoms with Crippen molar-refractivity contribution in [2.75, 3.05) is 48.9 Å². The fourth-order valence-corrected chi connectivity index (χ4v) is 7.95. The molecule has 4 aromatic heterocycles. The molecule has 34 nitrogen and oxygen atoms in total. The van der Waals surface area contributed by atoms with E-state index in [-0.39, 0.29) is 28.9 Å². The lowest BCUT2D eigenvalue weighted by Gasteiger charge is -2.19. The van der Waals surface area contributed by atoms with Gasteiger partial charge in [-0.15, -0.1) is 0 Å². The molecule has 434 valence electrons. The zero-order valence-corrected chi connectivity index (χ0v) is 41.6. The van der Waals surface area contributed by atoms with Gasteiger partial charge in [0.1, 0.15) is 102 Å². The maximum atomic E-state index is 12.7. The third kappa shape index (κ3) is 13.9. The van der Waals surface area contributed by atoms with Crippen LogP contribution in [0.3, 0.4) is 0 Å². The highest BCUT2D eigenvalue weighted by atomic mass is 79.9. The summed E-state index contributed by atoms with van der Waals surface area (Å²) in [7, 11) is 0. The molecule has 38 heteroatoms. The van der Waals surface area contributed by atoms with Crippen LogP contribution in [0.25, 0.3) is 0 Å². The highest BCUT2D eigenvalue weighted by molar-refractivity contribution is 9.10. The van der Waals surface area contributed by atoms with Crippen molar-refractivity contribution in [2.24, 2.45) is 0 Å². The molecule has 0 bridgehead atoms. The van der Waals surface area contributed by atoms with Gasteiger partial charge < -0.3 is 108 Å². The highest BCUT2D eigenvalue weighted by Gasteiger charge is 2.47. The Kier molecular flexibility index (Phi) is 21.2. The van der Waals surface area contributed by atoms with E-state index in [2.05, 4.69) is 41.2 Å². The van der Waals surface area contributed by atoms with Crippen molar-refractivity contribution in [3.05, 3.63) is 88.4 Å². The molecule has 4 aliphatic heterocycles. The van der Waals surface area contributed by atoms with Gasteiger partial charge in [-0.05, 0) is 22.0 Å². The lowest BCUT2D eigenvalue weighted by atomic mass is 10.1. The normalized spacial score (nSPS) is 30.4. The predicted molar refractivity (Wildman–Crippen MR) is 252 cm³/mol. The minimum atomic E-state index is -4.86. The van der Waals surface area contributed by atoms with Crippen LogP contribution in [-0.4, -0.2) is 210 Å². The van der Waals surface area contributed by atoms with Gasteiger partial charge in [-0.2, -0.15) is 33.1 Å². The number of halogens is 4. The van der Waals surface area contributed by atoms with Gasteiger partial charge in [0.2, 0.25) is 5.91 Å². The van der Waals surface area contributed by atoms with E-state index in [4.69, 9.17) is 61.7 Å². The number of amides is 1. The van der Waals surface area contributed by atoms with E-state index >= 15 is 0 Å². The lowest BCUT2D eigenvalue weighted by molar-refractivity contribution is -0.138. The fraction of sp³-hybridized carbons (Fsp3) is 0.575. The summed E-state index contributed by atoms with van der Waals surface area (Å²) in [6.45, 7) is -1.29. The molecule has 4 saturated heterocycles. The van der Waals surface area contributed by atoms with Gasteiger partial charge in [-0.3, -0.25) is 23.1 Å². The van der Waals surface area contributed by atoms with Crippen molar-refractivity contribution >= 4 is 45.1 Å². The van der Waals surface area contributed by atoms with Gasteiger partial charge in [-0.25, -0.2) is 19.2 Å². The third-order valence-electron chi connectivity index (χ3n) is 11.8. The molecule has 8 rings (SSSR count). The SMILES string of the molecule is CC(=O)Nc1ccn([C@@H]2O[C@H](CO)[C@@H](O)[C@H]2O)c(=O)n1.Nc1nc(=O)n([C@@H]2O[C@H](CO)[C@@H](O)[C@H]2O)cc1Br.Nc1nc(=O)n([C@@H]2O[C@H](CO)[C@@H](O)[C@H]2O)cc1C(F)(F)F.Nc1nc(=O)n([C@@H]2O[C@H](CO)[C@@H](O)[C@H]2O)cc1CO. The number of hydrogen-bond acceptors (Lipinski definition) is 29. The first kappa shape index (κ1) is 62.8. The molecule has 20 N–H and O–H groups in total. The molecule has 0 radical (unpaired) electrons. The second-order valence-electron chi connectivity index (χ2n) is 17.0. The number of anilines is 4. The first-order chi connectivity index (χ1) is 36.5. The van der Waals surface area contributed by atoms with Crippen LogP contribution in [0.15, 0.2) is 54.5 Å². The number of hydrogen-bond donors (Lipinski definition) is 17. The van der Waals surface area contributed by atoms with Crippen molar-refractivity contribution in [1.29, 1.82) is 0 Å². The molecular weight excluding hydrogens is 1140 g/mol. The Morgan fingerprint density at radius 1 is 0.564 bits per heavy atom. The summed E-state index contributed by atoms with van der Waals surface area (Å²) >= 11 is 3.10. The van der Waals surface area contributed by atoms with Gasteiger partial charge in [-0.1, -0.05) is 0 Å². The number of nitrogen functional groups attached to an aromatic ring is 3. The number of aliphatic hydroxyl groups is 13. The number of nitrogens with one attached hydrogen (secondary N) is 1. The van der Waals surface area contributed by atoms with E-state index in [0.717, 1.165) is 13.7 Å². The molecule has 4 fully saturated rings. The molecule has 0 spiro atoms. The Morgan fingerprint density at radius 2 is 0.910 bits per heavy atom. The van der Waals surface area contributed by atoms with Crippen LogP contribution in [-0.2, 0) is 36.5 Å². The molecular formula is C40H54BrF3N12O22. The Hall–Kier alpha value is -6.02. The summed E-state index contributed by atoms with van der Waals surface area (Å²) in [5, 5.41) is 125. The second kappa shape index (κ2) is 26.3. The van der Waals surface area contributed by atoms with Crippen molar-refractivity contribution in [2.45, 2.75) is 118 Å². The van der Waals surface area contributed by atoms with E-state index in [1.54, 1.807) is 0 Å². The number of aromatic nitrogens is 8. The average molecular weight is 1190 g/mol. The van der Waals surface area contributed by atoms with Gasteiger partial charge in [0.15, 0.2) is 24.9 Å². The van der Waals surface area contributed by atoms with Gasteiger partial charge in [0.25, 0.3) is 0 Å². The molecule has 0 unspecified atom stereocenters. The molecule has 1 amide bonds. The summed E-state index contributed by atoms with van der Waals surface area (Å²) < 4.78 is 62.4. The minimum Gasteiger partial charge on any atom is -0.394 e. The first-order valence-corrected chi connectivity index (χ1v) is 23.2. The minimum absolute atomic E-state index is 0.0167. The molecule has 16 atom stereocenters. The number of carbonyl (C=O) groups is 1. The lowest BCUT2D eigenvalue weighted by Crippen LogP contribution is -2.37. The maximum absolute atomic E-state index is 12.7. The Labute approximate surface area is 440 Å². The summed E-state index contributed by atoms with van der Waals surface area (Å²) in [4.78, 5) is 71.3. The van der Waals surface area contributed by atoms with E-state index in [1.807, 2.05) is 0 Å². The molecule has 78 heavy (non-hydrogen) atoms. The van der Waals surface area contributed by atoms with Gasteiger partial charge in [0, 0.05) is 37.3 Å². The molecule has 8 heterocycles. The average Bonchev–Trinajstić information content (AvgIpc) is 4.05. The van der Waals surface area contributed by atoms with Crippen molar-refractivity contribution in [3.8, 4) is 0 Å². The van der Waals surface area contributed by atoms with Crippen LogP contribution in [0.1, 0.15) is 43.0 Å². The van der Waals surface area contributed by atoms with E-state index in [9.17, 15) is 78.0 Å². The summed E-state index contributed by atoms with van der Waals surface area (Å²) in [6, 6.07) is 1.36. The predicted octanol–water partition coefficient (Wildman–Crippen LogP) is -8.60. The first-order valence-electron chi connectivity index (χ1n) is 22.4. The van der Waals surface area contributed by atoms with Crippen LogP contribution in [0.4, 0.5) is 36.4 Å². The topological polar surface area (TPSA) is 547 Å². The highest BCUT2D eigenvalue weighted by Crippen LogP contribution is 2.35. The molecule has 0 aliphatic carbocycles. The van der Waals surface area contributed by atoms with Crippen LogP contribution >= 0.6 is 15.9 Å². The largest absolute Gasteiger partial charge is 0.421 e. The van der Waals surface area contributed by atoms with Gasteiger partial charge in [0.05, 0.1) is 37.5 Å². The number of nitrogens with zero attached hydrogens (tertiary/aromatic N) is 8. The van der Waals surface area contributed by atoms with Crippen LogP contribution in [0.2, 0.25) is 0 Å². The zero-order chi connectivity index (χ0) is 58.4. The van der Waals surface area contributed by atoms with Crippen molar-refractivity contribution < 1.29 is 103 Å². The summed E-state index contributed by atoms with van der Waals surface area (Å²) in [6.07, 6.45) is -21.2. The summed E-state index contributed by atoms with van der Waals surface area (Å²) in [5.74, 6) is -1.40. The van der Waals surface area contributed by atoms with E-state index in [0.29, 0.717) is 15.2 Å². The van der Waals surface area contributed by atoms with Crippen molar-refractivity contribution in [1.82, 2.24) is 38.2 Å². The molecule has 4 aliphatic rings. The number of nitrogens with two attached hydrogens (primary N) is 3. The number of ether oxygens (including phenoxy) is 4. The van der Waals surface area contributed by atoms with Crippen LogP contribution in [0.5, 0.6) is 0 Å². The molecule has 4 aromatic rings. The Balaban J connectivity index is 0.000000192. The summed E-state index contributed by atoms with van der Waals surface area (Å²) in [5.41, 5.74) is 11.3. The Bertz CT molecular complexity index is 2960. The van der Waals surface area contributed by atoms with E-state index in [1.165, 1.54) is 31.6 Å². The zero-order valence-electron chi connectivity index (χ0n) is 40.0. The number of alkyl halides is 3. The molecule has 0 aromatic carbocycles. The number of aliphatic hydroxyl groups excluding tert-OH is 13. The van der Waals surface area contributed by atoms with Gasteiger partial charge >= 0.3 is 28.9 Å². The molecule has 0 saturated carbocycles. The maximum Gasteiger partial charge on any atom is 0.421 e. The van der Waals surface area contributed by atoms with Crippen LogP contribution in [0, 0.1) is 0 Å². The quantitative estimate of drug-likeness (QED) is 0.0701. The smallest absolute Gasteiger partial charge is 0.394 e. The fourth-order valence-electron chi connectivity index (χ4n) is 7.64. The second-order valence-corrected chi connectivity index (χ2v) is 17.8. The van der Waals surface area contributed by atoms with Crippen LogP contribution < -0.4 is 45.3 Å². The third-order valence-corrected chi connectivity index (χ3v) is 12.4.